The fraction of sp³-hybridized carbons (Fsp3) is 0.0385. The lowest BCUT2D eigenvalue weighted by Crippen LogP contribution is -2.12. The van der Waals surface area contributed by atoms with Gasteiger partial charge < -0.3 is 4.74 Å². The zero-order chi connectivity index (χ0) is 22.8. The van der Waals surface area contributed by atoms with Crippen molar-refractivity contribution in [2.24, 2.45) is 0 Å². The number of benzene rings is 4. The van der Waals surface area contributed by atoms with E-state index in [1.807, 2.05) is 0 Å². The summed E-state index contributed by atoms with van der Waals surface area (Å²) >= 11 is 0. The molecule has 0 aliphatic heterocycles. The van der Waals surface area contributed by atoms with Gasteiger partial charge in [-0.05, 0) is 41.8 Å². The molecule has 0 amide bonds. The second-order valence-electron chi connectivity index (χ2n) is 7.13. The van der Waals surface area contributed by atoms with Gasteiger partial charge in [0, 0.05) is 11.1 Å². The molecule has 6 heteroatoms. The first-order valence-corrected chi connectivity index (χ1v) is 9.67. The Kier molecular flexibility index (Phi) is 5.77. The molecule has 0 heterocycles. The van der Waals surface area contributed by atoms with Crippen molar-refractivity contribution in [3.05, 3.63) is 113 Å². The van der Waals surface area contributed by atoms with Crippen LogP contribution in [0.3, 0.4) is 0 Å². The molecule has 0 spiro atoms. The van der Waals surface area contributed by atoms with E-state index in [-0.39, 0.29) is 22.4 Å². The van der Waals surface area contributed by atoms with E-state index in [0.29, 0.717) is 11.1 Å². The van der Waals surface area contributed by atoms with E-state index in [9.17, 15) is 22.4 Å². The molecule has 0 saturated heterocycles. The SMILES string of the molecule is Cc1ccc(C(=O)Oc2ccc(-c3ccc(-c4ccccc4)c(F)c3F)cc2)c(F)c1F. The number of hydrogen-bond acceptors (Lipinski definition) is 2. The molecule has 160 valence electrons. The molecule has 4 rings (SSSR count). The highest BCUT2D eigenvalue weighted by Crippen LogP contribution is 2.32. The average Bonchev–Trinajstić information content (AvgIpc) is 2.80. The van der Waals surface area contributed by atoms with E-state index in [4.69, 9.17) is 4.74 Å². The summed E-state index contributed by atoms with van der Waals surface area (Å²) in [6, 6.07) is 19.6. The van der Waals surface area contributed by atoms with Gasteiger partial charge in [-0.1, -0.05) is 60.7 Å². The Hall–Kier alpha value is -3.93. The minimum Gasteiger partial charge on any atom is -0.423 e. The summed E-state index contributed by atoms with van der Waals surface area (Å²) in [5.41, 5.74) is 0.611. The summed E-state index contributed by atoms with van der Waals surface area (Å²) in [5.74, 6) is -5.41. The van der Waals surface area contributed by atoms with Crippen molar-refractivity contribution < 1.29 is 27.1 Å². The monoisotopic (exact) mass is 436 g/mol. The predicted molar refractivity (Wildman–Crippen MR) is 113 cm³/mol. The van der Waals surface area contributed by atoms with Crippen molar-refractivity contribution in [3.8, 4) is 28.0 Å². The fourth-order valence-electron chi connectivity index (χ4n) is 3.28. The Morgan fingerprint density at radius 3 is 1.78 bits per heavy atom. The van der Waals surface area contributed by atoms with Crippen LogP contribution in [-0.4, -0.2) is 5.97 Å². The molecule has 0 N–H and O–H groups in total. The lowest BCUT2D eigenvalue weighted by molar-refractivity contribution is 0.0728. The third kappa shape index (κ3) is 3.99. The highest BCUT2D eigenvalue weighted by molar-refractivity contribution is 5.91. The summed E-state index contributed by atoms with van der Waals surface area (Å²) in [5, 5.41) is 0. The third-order valence-electron chi connectivity index (χ3n) is 5.04. The molecule has 4 aromatic rings. The number of rotatable bonds is 4. The van der Waals surface area contributed by atoms with E-state index < -0.39 is 34.8 Å². The van der Waals surface area contributed by atoms with Crippen LogP contribution in [0.4, 0.5) is 17.6 Å². The van der Waals surface area contributed by atoms with Gasteiger partial charge in [0.1, 0.15) is 5.75 Å². The van der Waals surface area contributed by atoms with Crippen molar-refractivity contribution in [2.75, 3.05) is 0 Å². The quantitative estimate of drug-likeness (QED) is 0.194. The van der Waals surface area contributed by atoms with Gasteiger partial charge in [-0.2, -0.15) is 0 Å². The molecule has 0 aliphatic carbocycles. The summed E-state index contributed by atoms with van der Waals surface area (Å²) in [6.07, 6.45) is 0. The molecule has 0 fully saturated rings. The average molecular weight is 436 g/mol. The first-order chi connectivity index (χ1) is 15.4. The van der Waals surface area contributed by atoms with Gasteiger partial charge in [0.05, 0.1) is 5.56 Å². The predicted octanol–water partition coefficient (Wildman–Crippen LogP) is 7.10. The van der Waals surface area contributed by atoms with Crippen LogP contribution in [0.2, 0.25) is 0 Å². The molecule has 0 aromatic heterocycles. The molecule has 4 aromatic carbocycles. The van der Waals surface area contributed by atoms with Crippen LogP contribution in [0.15, 0.2) is 78.9 Å². The van der Waals surface area contributed by atoms with Crippen molar-refractivity contribution in [2.45, 2.75) is 6.92 Å². The molecular weight excluding hydrogens is 420 g/mol. The zero-order valence-electron chi connectivity index (χ0n) is 16.8. The maximum Gasteiger partial charge on any atom is 0.346 e. The van der Waals surface area contributed by atoms with Crippen molar-refractivity contribution in [1.29, 1.82) is 0 Å². The lowest BCUT2D eigenvalue weighted by Gasteiger charge is -2.10. The molecular formula is C26H16F4O2. The van der Waals surface area contributed by atoms with Gasteiger partial charge in [-0.3, -0.25) is 0 Å². The Bertz CT molecular complexity index is 1300. The normalized spacial score (nSPS) is 10.8. The lowest BCUT2D eigenvalue weighted by atomic mass is 9.99. The van der Waals surface area contributed by atoms with Crippen LogP contribution < -0.4 is 4.74 Å². The Morgan fingerprint density at radius 2 is 1.19 bits per heavy atom. The van der Waals surface area contributed by atoms with E-state index in [1.165, 1.54) is 49.4 Å². The molecule has 0 unspecified atom stereocenters. The molecule has 0 bridgehead atoms. The number of aryl methyl sites for hydroxylation is 1. The summed E-state index contributed by atoms with van der Waals surface area (Å²) in [4.78, 5) is 12.2. The van der Waals surface area contributed by atoms with E-state index >= 15 is 0 Å². The summed E-state index contributed by atoms with van der Waals surface area (Å²) in [7, 11) is 0. The van der Waals surface area contributed by atoms with Gasteiger partial charge in [0.25, 0.3) is 0 Å². The molecule has 32 heavy (non-hydrogen) atoms. The van der Waals surface area contributed by atoms with Crippen molar-refractivity contribution in [3.63, 3.8) is 0 Å². The highest BCUT2D eigenvalue weighted by Gasteiger charge is 2.20. The van der Waals surface area contributed by atoms with Gasteiger partial charge in [-0.25, -0.2) is 22.4 Å². The molecule has 0 saturated carbocycles. The maximum atomic E-state index is 14.7. The Morgan fingerprint density at radius 1 is 0.625 bits per heavy atom. The van der Waals surface area contributed by atoms with Crippen LogP contribution in [0.5, 0.6) is 5.75 Å². The number of halogens is 4. The number of esters is 1. The van der Waals surface area contributed by atoms with E-state index in [2.05, 4.69) is 0 Å². The second kappa shape index (κ2) is 8.67. The topological polar surface area (TPSA) is 26.3 Å². The minimum atomic E-state index is -1.29. The minimum absolute atomic E-state index is 0.0340. The van der Waals surface area contributed by atoms with Crippen LogP contribution in [0, 0.1) is 30.2 Å². The molecule has 2 nitrogen and oxygen atoms in total. The van der Waals surface area contributed by atoms with Gasteiger partial charge in [0.15, 0.2) is 23.3 Å². The standard InChI is InChI=1S/C26H16F4O2/c1-15-7-12-21(25(30)22(15)27)26(31)32-18-10-8-17(9-11-18)20-14-13-19(23(28)24(20)29)16-5-3-2-4-6-16/h2-14H,1H3. The highest BCUT2D eigenvalue weighted by atomic mass is 19.2. The number of ether oxygens (including phenoxy) is 1. The first kappa shape index (κ1) is 21.3. The number of hydrogen-bond donors (Lipinski definition) is 0. The second-order valence-corrected chi connectivity index (χ2v) is 7.13. The van der Waals surface area contributed by atoms with E-state index in [1.54, 1.807) is 30.3 Å². The van der Waals surface area contributed by atoms with Crippen LogP contribution >= 0.6 is 0 Å². The van der Waals surface area contributed by atoms with Gasteiger partial charge >= 0.3 is 5.97 Å². The number of carbonyl (C=O) groups excluding carboxylic acids is 1. The van der Waals surface area contributed by atoms with Gasteiger partial charge in [-0.15, -0.1) is 0 Å². The maximum absolute atomic E-state index is 14.7. The third-order valence-corrected chi connectivity index (χ3v) is 5.04. The van der Waals surface area contributed by atoms with Crippen LogP contribution in [0.25, 0.3) is 22.3 Å². The van der Waals surface area contributed by atoms with Crippen LogP contribution in [0.1, 0.15) is 15.9 Å². The Labute approximate surface area is 181 Å². The van der Waals surface area contributed by atoms with Crippen LogP contribution in [-0.2, 0) is 0 Å². The molecule has 0 aliphatic rings. The first-order valence-electron chi connectivity index (χ1n) is 9.67. The van der Waals surface area contributed by atoms with Crippen molar-refractivity contribution >= 4 is 5.97 Å². The Balaban J connectivity index is 1.57. The number of carbonyl (C=O) groups is 1. The smallest absolute Gasteiger partial charge is 0.346 e. The largest absolute Gasteiger partial charge is 0.423 e. The molecule has 0 atom stereocenters. The zero-order valence-corrected chi connectivity index (χ0v) is 16.8. The van der Waals surface area contributed by atoms with Gasteiger partial charge in [0.2, 0.25) is 0 Å². The summed E-state index contributed by atoms with van der Waals surface area (Å²) < 4.78 is 62.2. The van der Waals surface area contributed by atoms with Crippen molar-refractivity contribution in [1.82, 2.24) is 0 Å². The van der Waals surface area contributed by atoms with E-state index in [0.717, 1.165) is 6.07 Å². The summed E-state index contributed by atoms with van der Waals surface area (Å²) in [6.45, 7) is 1.38. The fourth-order valence-corrected chi connectivity index (χ4v) is 3.28. The molecule has 0 radical (unpaired) electrons.